The van der Waals surface area contributed by atoms with Gasteiger partial charge in [0.15, 0.2) is 5.11 Å². The zero-order chi connectivity index (χ0) is 44.5. The number of nitrogens with two attached hydrogens (primary N) is 1. The third-order valence-electron chi connectivity index (χ3n) is 8.37. The van der Waals surface area contributed by atoms with Crippen LogP contribution in [0.5, 0.6) is 0 Å². The highest BCUT2D eigenvalue weighted by atomic mass is 32.1. The van der Waals surface area contributed by atoms with Crippen molar-refractivity contribution in [2.75, 3.05) is 6.54 Å². The molecule has 0 fully saturated rings. The Hall–Kier alpha value is -5.58. The number of carbonyl (C=O) groups excluding carboxylic acids is 4. The molecule has 0 aliphatic heterocycles. The van der Waals surface area contributed by atoms with Crippen LogP contribution in [-0.4, -0.2) is 92.2 Å². The molecule has 0 aliphatic carbocycles. The number of benzene rings is 2. The summed E-state index contributed by atoms with van der Waals surface area (Å²) >= 11 is 5.02. The molecule has 2 rings (SSSR count). The quantitative estimate of drug-likeness (QED) is 0.0771. The van der Waals surface area contributed by atoms with Crippen LogP contribution in [0.3, 0.4) is 0 Å². The number of thiocarbonyl (C=S) groups is 1. The van der Waals surface area contributed by atoms with E-state index in [1.54, 1.807) is 26.0 Å². The molecule has 0 radical (unpaired) electrons. The topological polar surface area (TPSA) is 266 Å². The number of amides is 4. The van der Waals surface area contributed by atoms with E-state index in [9.17, 15) is 43.8 Å². The van der Waals surface area contributed by atoms with Gasteiger partial charge in [0.05, 0.1) is 6.54 Å². The van der Waals surface area contributed by atoms with Crippen LogP contribution in [0.25, 0.3) is 0 Å². The molecule has 0 spiro atoms. The van der Waals surface area contributed by atoms with Crippen LogP contribution in [-0.2, 0) is 40.0 Å². The summed E-state index contributed by atoms with van der Waals surface area (Å²) in [7, 11) is 0. The van der Waals surface area contributed by atoms with Crippen molar-refractivity contribution in [3.05, 3.63) is 71.8 Å². The number of nitrogens with one attached hydrogen (secondary N) is 5. The van der Waals surface area contributed by atoms with E-state index in [1.807, 2.05) is 64.1 Å². The molecule has 0 aliphatic rings. The lowest BCUT2D eigenvalue weighted by Crippen LogP contribution is -2.51. The predicted molar refractivity (Wildman–Crippen MR) is 224 cm³/mol. The summed E-state index contributed by atoms with van der Waals surface area (Å²) < 4.78 is 0. The average Bonchev–Trinajstić information content (AvgIpc) is 3.14. The van der Waals surface area contributed by atoms with Gasteiger partial charge in [-0.05, 0) is 69.7 Å². The normalized spacial score (nSPS) is 12.3. The van der Waals surface area contributed by atoms with Crippen molar-refractivity contribution in [3.63, 3.8) is 0 Å². The first-order valence-electron chi connectivity index (χ1n) is 19.1. The predicted octanol–water partition coefficient (Wildman–Crippen LogP) is 3.44. The van der Waals surface area contributed by atoms with Crippen molar-refractivity contribution in [1.82, 2.24) is 26.6 Å². The summed E-state index contributed by atoms with van der Waals surface area (Å²) in [6.07, 6.45) is 0.0934. The fourth-order valence-electron chi connectivity index (χ4n) is 5.23. The van der Waals surface area contributed by atoms with Crippen LogP contribution in [0.4, 0.5) is 0 Å². The lowest BCUT2D eigenvalue weighted by atomic mass is 9.80. The van der Waals surface area contributed by atoms with Crippen molar-refractivity contribution in [2.45, 2.75) is 123 Å². The molecular weight excluding hydrogens is 769 g/mol. The van der Waals surface area contributed by atoms with E-state index in [1.165, 1.54) is 5.56 Å². The number of carboxylic acid groups (broad SMARTS) is 3. The Morgan fingerprint density at radius 1 is 0.707 bits per heavy atom. The molecule has 58 heavy (non-hydrogen) atoms. The molecule has 17 heteroatoms. The van der Waals surface area contributed by atoms with E-state index in [2.05, 4.69) is 45.6 Å². The van der Waals surface area contributed by atoms with Crippen molar-refractivity contribution < 1.29 is 48.9 Å². The van der Waals surface area contributed by atoms with Crippen LogP contribution in [0.15, 0.2) is 60.7 Å². The van der Waals surface area contributed by atoms with E-state index < -0.39 is 71.1 Å². The van der Waals surface area contributed by atoms with Gasteiger partial charge in [-0.3, -0.25) is 24.0 Å². The van der Waals surface area contributed by atoms with E-state index in [-0.39, 0.29) is 49.7 Å². The van der Waals surface area contributed by atoms with Gasteiger partial charge in [0.1, 0.15) is 18.1 Å². The molecule has 0 saturated carbocycles. The highest BCUT2D eigenvalue weighted by Gasteiger charge is 2.30. The minimum absolute atomic E-state index is 0.0599. The molecule has 3 unspecified atom stereocenters. The van der Waals surface area contributed by atoms with Gasteiger partial charge in [-0.15, -0.1) is 0 Å². The Labute approximate surface area is 346 Å². The molecule has 0 heterocycles. The average molecular weight is 831 g/mol. The highest BCUT2D eigenvalue weighted by Crippen LogP contribution is 2.30. The molecule has 0 aromatic heterocycles. The molecule has 3 atom stereocenters. The van der Waals surface area contributed by atoms with E-state index in [0.717, 1.165) is 5.56 Å². The first kappa shape index (κ1) is 52.4. The third kappa shape index (κ3) is 24.8. The van der Waals surface area contributed by atoms with Gasteiger partial charge in [-0.25, -0.2) is 9.59 Å². The zero-order valence-electron chi connectivity index (χ0n) is 34.6. The molecule has 16 nitrogen and oxygen atoms in total. The Bertz CT molecular complexity index is 1640. The summed E-state index contributed by atoms with van der Waals surface area (Å²) in [6, 6.07) is 15.7. The number of hydrogen-bond acceptors (Lipinski definition) is 8. The Morgan fingerprint density at radius 2 is 1.21 bits per heavy atom. The minimum Gasteiger partial charge on any atom is -0.481 e. The van der Waals surface area contributed by atoms with E-state index >= 15 is 0 Å². The molecule has 0 saturated heterocycles. The standard InChI is InChI=1S/C32H48N6O10S.C7H8.C2H6/c1-31(2,17-25(41)35-22(27(44)34-18-23(33)39)16-19-8-6-5-7-9-19)14-15-32(3,4)38-24(40)12-10-20(28(45)46)36-30(49)37-21(29(47)48)11-13-26(42)43;1-7-5-3-2-4-6-7;1-2/h5-9,20-22H,10-18H2,1-4H3,(H2,33,39)(H,34,44)(H,35,41)(H,38,40)(H,42,43)(H,45,46)(H,47,48)(H2,36,37,49);2-6H,1H3;1-2H3. The summed E-state index contributed by atoms with van der Waals surface area (Å²) in [6.45, 7) is 13.0. The second-order valence-corrected chi connectivity index (χ2v) is 15.2. The van der Waals surface area contributed by atoms with Gasteiger partial charge in [0, 0.05) is 31.2 Å². The number of carboxylic acids is 3. The lowest BCUT2D eigenvalue weighted by Gasteiger charge is -2.32. The van der Waals surface area contributed by atoms with Crippen molar-refractivity contribution >= 4 is 58.9 Å². The first-order chi connectivity index (χ1) is 27.1. The van der Waals surface area contributed by atoms with Crippen molar-refractivity contribution in [1.29, 1.82) is 0 Å². The summed E-state index contributed by atoms with van der Waals surface area (Å²) in [5, 5.41) is 40.3. The van der Waals surface area contributed by atoms with Gasteiger partial charge in [-0.2, -0.15) is 0 Å². The van der Waals surface area contributed by atoms with Gasteiger partial charge in [0.2, 0.25) is 23.6 Å². The van der Waals surface area contributed by atoms with Crippen LogP contribution < -0.4 is 32.3 Å². The number of carbonyl (C=O) groups is 7. The molecule has 0 bridgehead atoms. The molecule has 2 aromatic rings. The fourth-order valence-corrected chi connectivity index (χ4v) is 5.51. The lowest BCUT2D eigenvalue weighted by molar-refractivity contribution is -0.141. The fraction of sp³-hybridized carbons (Fsp3) is 0.512. The maximum atomic E-state index is 13.1. The van der Waals surface area contributed by atoms with E-state index in [4.69, 9.17) is 23.1 Å². The second-order valence-electron chi connectivity index (χ2n) is 14.8. The summed E-state index contributed by atoms with van der Waals surface area (Å²) in [4.78, 5) is 83.7. The minimum atomic E-state index is -1.36. The monoisotopic (exact) mass is 830 g/mol. The number of hydrogen-bond donors (Lipinski definition) is 9. The Balaban J connectivity index is 0.00000319. The Kier molecular flexibility index (Phi) is 24.5. The molecular formula is C41H62N6O10S. The maximum Gasteiger partial charge on any atom is 0.326 e. The summed E-state index contributed by atoms with van der Waals surface area (Å²) in [5.41, 5.74) is 5.99. The van der Waals surface area contributed by atoms with E-state index in [0.29, 0.717) is 12.8 Å². The van der Waals surface area contributed by atoms with Crippen molar-refractivity contribution in [3.8, 4) is 0 Å². The first-order valence-corrected chi connectivity index (χ1v) is 19.5. The van der Waals surface area contributed by atoms with Crippen LogP contribution in [0.1, 0.15) is 97.6 Å². The van der Waals surface area contributed by atoms with Gasteiger partial charge in [-0.1, -0.05) is 93.9 Å². The second kappa shape index (κ2) is 27.1. The number of aliphatic carboxylic acids is 3. The van der Waals surface area contributed by atoms with Gasteiger partial charge < -0.3 is 47.6 Å². The SMILES string of the molecule is CC.CC(C)(CCC(C)(C)NC(=O)CCC(NC(=S)NC(CCC(=O)O)C(=O)O)C(=O)O)CC(=O)NC(Cc1ccccc1)C(=O)NCC(N)=O.Cc1ccccc1. The maximum absolute atomic E-state index is 13.1. The molecule has 2 aromatic carbocycles. The molecule has 4 amide bonds. The van der Waals surface area contributed by atoms with Crippen molar-refractivity contribution in [2.24, 2.45) is 11.1 Å². The van der Waals surface area contributed by atoms with Gasteiger partial charge in [0.25, 0.3) is 0 Å². The van der Waals surface area contributed by atoms with Crippen LogP contribution >= 0.6 is 12.2 Å². The van der Waals surface area contributed by atoms with Crippen LogP contribution in [0, 0.1) is 12.3 Å². The van der Waals surface area contributed by atoms with Crippen LogP contribution in [0.2, 0.25) is 0 Å². The summed E-state index contributed by atoms with van der Waals surface area (Å²) in [5.74, 6) is -5.97. The number of aryl methyl sites for hydroxylation is 1. The number of rotatable bonds is 22. The zero-order valence-corrected chi connectivity index (χ0v) is 35.4. The smallest absolute Gasteiger partial charge is 0.326 e. The Morgan fingerprint density at radius 3 is 1.66 bits per heavy atom. The third-order valence-corrected chi connectivity index (χ3v) is 8.60. The van der Waals surface area contributed by atoms with Gasteiger partial charge >= 0.3 is 17.9 Å². The number of primary amides is 1. The highest BCUT2D eigenvalue weighted by molar-refractivity contribution is 7.80. The molecule has 322 valence electrons. The molecule has 10 N–H and O–H groups in total. The largest absolute Gasteiger partial charge is 0.481 e.